The number of rotatable bonds is 6. The monoisotopic (exact) mass is 456 g/mol. The van der Waals surface area contributed by atoms with E-state index in [0.717, 1.165) is 23.0 Å². The van der Waals surface area contributed by atoms with Gasteiger partial charge in [-0.2, -0.15) is 0 Å². The standard InChI is InChI=1S/C26H22O2.3C2H6/c1-20(21-12-16-25(17-13-21)27-23-8-4-2-5-9-23)22-14-18-26(19-15-22)28-24-10-6-3-7-11-24;3*1-2/h2-20H,1H3;3*1-2H3. The molecule has 2 heteroatoms. The highest BCUT2D eigenvalue weighted by molar-refractivity contribution is 5.40. The number of ether oxygens (including phenoxy) is 2. The van der Waals surface area contributed by atoms with Crippen LogP contribution >= 0.6 is 0 Å². The molecule has 0 aliphatic heterocycles. The molecule has 34 heavy (non-hydrogen) atoms. The molecule has 180 valence electrons. The number of benzene rings is 4. The molecular weight excluding hydrogens is 416 g/mol. The third kappa shape index (κ3) is 9.15. The van der Waals surface area contributed by atoms with Crippen molar-refractivity contribution in [1.82, 2.24) is 0 Å². The summed E-state index contributed by atoms with van der Waals surface area (Å²) in [6.07, 6.45) is 0. The Labute approximate surface area is 207 Å². The van der Waals surface area contributed by atoms with Crippen LogP contribution in [0.4, 0.5) is 0 Å². The van der Waals surface area contributed by atoms with E-state index in [0.29, 0.717) is 0 Å². The first kappa shape index (κ1) is 28.5. The van der Waals surface area contributed by atoms with Gasteiger partial charge in [0, 0.05) is 5.92 Å². The van der Waals surface area contributed by atoms with Crippen molar-refractivity contribution < 1.29 is 9.47 Å². The lowest BCUT2D eigenvalue weighted by molar-refractivity contribution is 0.482. The van der Waals surface area contributed by atoms with E-state index in [4.69, 9.17) is 9.47 Å². The van der Waals surface area contributed by atoms with Gasteiger partial charge in [0.1, 0.15) is 23.0 Å². The number of para-hydroxylation sites is 2. The first-order chi connectivity index (χ1) is 16.8. The Morgan fingerprint density at radius 2 is 0.647 bits per heavy atom. The van der Waals surface area contributed by atoms with Crippen LogP contribution in [0, 0.1) is 0 Å². The average Bonchev–Trinajstić information content (AvgIpc) is 2.94. The molecule has 0 heterocycles. The molecule has 0 fully saturated rings. The van der Waals surface area contributed by atoms with Crippen molar-refractivity contribution in [2.24, 2.45) is 0 Å². The zero-order valence-electron chi connectivity index (χ0n) is 21.8. The van der Waals surface area contributed by atoms with Crippen molar-refractivity contribution in [3.8, 4) is 23.0 Å². The molecule has 0 bridgehead atoms. The van der Waals surface area contributed by atoms with Gasteiger partial charge in [-0.3, -0.25) is 0 Å². The van der Waals surface area contributed by atoms with Crippen molar-refractivity contribution >= 4 is 0 Å². The molecule has 0 aliphatic rings. The summed E-state index contributed by atoms with van der Waals surface area (Å²) in [6.45, 7) is 14.2. The van der Waals surface area contributed by atoms with Gasteiger partial charge >= 0.3 is 0 Å². The van der Waals surface area contributed by atoms with Gasteiger partial charge in [-0.25, -0.2) is 0 Å². The van der Waals surface area contributed by atoms with E-state index >= 15 is 0 Å². The molecule has 0 spiro atoms. The summed E-state index contributed by atoms with van der Waals surface area (Å²) in [5.74, 6) is 3.66. The lowest BCUT2D eigenvalue weighted by atomic mass is 9.93. The minimum Gasteiger partial charge on any atom is -0.457 e. The van der Waals surface area contributed by atoms with Crippen molar-refractivity contribution in [1.29, 1.82) is 0 Å². The van der Waals surface area contributed by atoms with Crippen LogP contribution in [0.5, 0.6) is 23.0 Å². The molecule has 0 radical (unpaired) electrons. The third-order valence-electron chi connectivity index (χ3n) is 4.72. The van der Waals surface area contributed by atoms with Gasteiger partial charge in [0.15, 0.2) is 0 Å². The molecule has 0 saturated heterocycles. The van der Waals surface area contributed by atoms with Crippen LogP contribution in [-0.2, 0) is 0 Å². The van der Waals surface area contributed by atoms with Gasteiger partial charge in [-0.1, -0.05) is 109 Å². The van der Waals surface area contributed by atoms with Crippen molar-refractivity contribution in [3.63, 3.8) is 0 Å². The summed E-state index contributed by atoms with van der Waals surface area (Å²) < 4.78 is 11.7. The molecular formula is C32H40O2. The maximum Gasteiger partial charge on any atom is 0.127 e. The first-order valence-electron chi connectivity index (χ1n) is 12.4. The zero-order valence-corrected chi connectivity index (χ0v) is 21.8. The SMILES string of the molecule is CC.CC.CC.CC(c1ccc(Oc2ccccc2)cc1)c1ccc(Oc2ccccc2)cc1. The molecule has 0 aliphatic carbocycles. The van der Waals surface area contributed by atoms with Crippen molar-refractivity contribution in [2.45, 2.75) is 54.4 Å². The smallest absolute Gasteiger partial charge is 0.127 e. The fraction of sp³-hybridized carbons (Fsp3) is 0.250. The van der Waals surface area contributed by atoms with Gasteiger partial charge in [-0.15, -0.1) is 0 Å². The molecule has 4 aromatic rings. The summed E-state index contributed by atoms with van der Waals surface area (Å²) in [4.78, 5) is 0. The van der Waals surface area contributed by atoms with Crippen LogP contribution in [0.25, 0.3) is 0 Å². The van der Waals surface area contributed by atoms with E-state index in [2.05, 4.69) is 31.2 Å². The van der Waals surface area contributed by atoms with Crippen LogP contribution in [-0.4, -0.2) is 0 Å². The highest BCUT2D eigenvalue weighted by Crippen LogP contribution is 2.29. The second-order valence-electron chi connectivity index (χ2n) is 6.69. The van der Waals surface area contributed by atoms with Crippen LogP contribution in [0.15, 0.2) is 109 Å². The maximum atomic E-state index is 5.87. The van der Waals surface area contributed by atoms with E-state index in [-0.39, 0.29) is 5.92 Å². The Hall–Kier alpha value is -3.52. The predicted octanol–water partition coefficient (Wildman–Crippen LogP) is 10.5. The first-order valence-corrected chi connectivity index (χ1v) is 12.4. The molecule has 4 rings (SSSR count). The highest BCUT2D eigenvalue weighted by Gasteiger charge is 2.09. The largest absolute Gasteiger partial charge is 0.457 e. The van der Waals surface area contributed by atoms with Gasteiger partial charge in [0.2, 0.25) is 0 Å². The molecule has 0 N–H and O–H groups in total. The van der Waals surface area contributed by atoms with Crippen molar-refractivity contribution in [2.75, 3.05) is 0 Å². The summed E-state index contributed by atoms with van der Waals surface area (Å²) in [5.41, 5.74) is 2.49. The zero-order chi connectivity index (χ0) is 25.2. The topological polar surface area (TPSA) is 18.5 Å². The van der Waals surface area contributed by atoms with Crippen LogP contribution in [0.1, 0.15) is 65.5 Å². The van der Waals surface area contributed by atoms with E-state index < -0.39 is 0 Å². The number of hydrogen-bond donors (Lipinski definition) is 0. The normalized spacial score (nSPS) is 9.29. The molecule has 0 unspecified atom stereocenters. The van der Waals surface area contributed by atoms with Gasteiger partial charge in [0.25, 0.3) is 0 Å². The third-order valence-corrected chi connectivity index (χ3v) is 4.72. The fourth-order valence-electron chi connectivity index (χ4n) is 3.09. The Balaban J connectivity index is 0.000000894. The van der Waals surface area contributed by atoms with Gasteiger partial charge < -0.3 is 9.47 Å². The van der Waals surface area contributed by atoms with E-state index in [9.17, 15) is 0 Å². The molecule has 2 nitrogen and oxygen atoms in total. The summed E-state index contributed by atoms with van der Waals surface area (Å²) >= 11 is 0. The minimum atomic E-state index is 0.288. The predicted molar refractivity (Wildman–Crippen MR) is 147 cm³/mol. The Morgan fingerprint density at radius 1 is 0.382 bits per heavy atom. The van der Waals surface area contributed by atoms with Crippen LogP contribution in [0.2, 0.25) is 0 Å². The van der Waals surface area contributed by atoms with Crippen molar-refractivity contribution in [3.05, 3.63) is 120 Å². The molecule has 4 aromatic carbocycles. The lowest BCUT2D eigenvalue weighted by Crippen LogP contribution is -1.96. The number of hydrogen-bond acceptors (Lipinski definition) is 2. The van der Waals surface area contributed by atoms with Gasteiger partial charge in [-0.05, 0) is 59.7 Å². The maximum absolute atomic E-state index is 5.87. The second-order valence-corrected chi connectivity index (χ2v) is 6.69. The minimum absolute atomic E-state index is 0.288. The fourth-order valence-corrected chi connectivity index (χ4v) is 3.09. The molecule has 0 amide bonds. The Kier molecular flexibility index (Phi) is 14.3. The van der Waals surface area contributed by atoms with Gasteiger partial charge in [0.05, 0.1) is 0 Å². The quantitative estimate of drug-likeness (QED) is 0.287. The Bertz CT molecular complexity index is 907. The molecule has 0 atom stereocenters. The van der Waals surface area contributed by atoms with E-state index in [1.54, 1.807) is 0 Å². The Morgan fingerprint density at radius 3 is 0.941 bits per heavy atom. The molecule has 0 aromatic heterocycles. The average molecular weight is 457 g/mol. The highest BCUT2D eigenvalue weighted by atomic mass is 16.5. The summed E-state index contributed by atoms with van der Waals surface area (Å²) in [6, 6.07) is 36.2. The second kappa shape index (κ2) is 17.0. The van der Waals surface area contributed by atoms with Crippen LogP contribution in [0.3, 0.4) is 0 Å². The summed E-state index contributed by atoms with van der Waals surface area (Å²) in [5, 5.41) is 0. The summed E-state index contributed by atoms with van der Waals surface area (Å²) in [7, 11) is 0. The van der Waals surface area contributed by atoms with E-state index in [1.165, 1.54) is 11.1 Å². The molecule has 0 saturated carbocycles. The lowest BCUT2D eigenvalue weighted by Gasteiger charge is -2.14. The van der Waals surface area contributed by atoms with Crippen LogP contribution < -0.4 is 9.47 Å². The van der Waals surface area contributed by atoms with E-state index in [1.807, 2.05) is 126 Å².